The first-order valence-electron chi connectivity index (χ1n) is 5.94. The van der Waals surface area contributed by atoms with E-state index >= 15 is 0 Å². The number of hydrogen-bond acceptors (Lipinski definition) is 3. The highest BCUT2D eigenvalue weighted by Gasteiger charge is 2.46. The van der Waals surface area contributed by atoms with Crippen molar-refractivity contribution in [2.75, 3.05) is 39.8 Å². The van der Waals surface area contributed by atoms with Gasteiger partial charge in [-0.05, 0) is 20.0 Å². The van der Waals surface area contributed by atoms with Crippen molar-refractivity contribution in [3.63, 3.8) is 0 Å². The van der Waals surface area contributed by atoms with Crippen LogP contribution in [0, 0.1) is 11.3 Å². The van der Waals surface area contributed by atoms with Gasteiger partial charge < -0.3 is 4.90 Å². The average molecular weight is 210 g/mol. The Morgan fingerprint density at radius 1 is 1.33 bits per heavy atom. The minimum Gasteiger partial charge on any atom is -0.305 e. The molecule has 0 aromatic rings. The van der Waals surface area contributed by atoms with Gasteiger partial charge in [0.1, 0.15) is 5.78 Å². The van der Waals surface area contributed by atoms with Crippen molar-refractivity contribution in [2.24, 2.45) is 11.3 Å². The summed E-state index contributed by atoms with van der Waals surface area (Å²) in [4.78, 5) is 16.3. The fourth-order valence-corrected chi connectivity index (χ4v) is 2.92. The number of hydrogen-bond donors (Lipinski definition) is 0. The zero-order chi connectivity index (χ0) is 11.1. The Morgan fingerprint density at radius 3 is 2.53 bits per heavy atom. The van der Waals surface area contributed by atoms with Gasteiger partial charge in [-0.3, -0.25) is 9.69 Å². The SMILES string of the molecule is CC(C)C(=O)CN1CCC2(CN(C)C2)C1. The number of carbonyl (C=O) groups is 1. The fourth-order valence-electron chi connectivity index (χ4n) is 2.92. The Bertz CT molecular complexity index is 256. The Kier molecular flexibility index (Phi) is 2.86. The lowest BCUT2D eigenvalue weighted by Crippen LogP contribution is -2.55. The van der Waals surface area contributed by atoms with Gasteiger partial charge in [0.25, 0.3) is 0 Å². The molecule has 0 radical (unpaired) electrons. The summed E-state index contributed by atoms with van der Waals surface area (Å²) in [5.74, 6) is 0.574. The molecule has 0 N–H and O–H groups in total. The predicted molar refractivity (Wildman–Crippen MR) is 60.8 cm³/mol. The highest BCUT2D eigenvalue weighted by molar-refractivity contribution is 5.82. The van der Waals surface area contributed by atoms with Crippen molar-refractivity contribution < 1.29 is 4.79 Å². The van der Waals surface area contributed by atoms with Crippen molar-refractivity contribution >= 4 is 5.78 Å². The zero-order valence-electron chi connectivity index (χ0n) is 10.1. The molecule has 0 aliphatic carbocycles. The van der Waals surface area contributed by atoms with Gasteiger partial charge in [-0.1, -0.05) is 13.8 Å². The molecule has 0 saturated carbocycles. The molecule has 3 nitrogen and oxygen atoms in total. The summed E-state index contributed by atoms with van der Waals surface area (Å²) >= 11 is 0. The van der Waals surface area contributed by atoms with E-state index in [0.29, 0.717) is 17.7 Å². The number of nitrogens with zero attached hydrogens (tertiary/aromatic N) is 2. The number of Topliss-reactive ketones (excluding diaryl/α,β-unsaturated/α-hetero) is 1. The normalized spacial score (nSPS) is 26.1. The third-order valence-electron chi connectivity index (χ3n) is 3.75. The minimum atomic E-state index is 0.186. The second kappa shape index (κ2) is 3.87. The van der Waals surface area contributed by atoms with Gasteiger partial charge in [-0.2, -0.15) is 0 Å². The van der Waals surface area contributed by atoms with Crippen LogP contribution in [-0.4, -0.2) is 55.4 Å². The molecule has 0 unspecified atom stereocenters. The Hall–Kier alpha value is -0.410. The van der Waals surface area contributed by atoms with E-state index in [0.717, 1.165) is 13.1 Å². The van der Waals surface area contributed by atoms with E-state index in [1.165, 1.54) is 19.5 Å². The molecule has 0 bridgehead atoms. The van der Waals surface area contributed by atoms with Crippen LogP contribution in [0.1, 0.15) is 20.3 Å². The quantitative estimate of drug-likeness (QED) is 0.690. The lowest BCUT2D eigenvalue weighted by molar-refractivity contribution is -0.123. The molecule has 2 rings (SSSR count). The predicted octanol–water partition coefficient (Wildman–Crippen LogP) is 0.849. The molecule has 2 heterocycles. The van der Waals surface area contributed by atoms with Crippen LogP contribution >= 0.6 is 0 Å². The Morgan fingerprint density at radius 2 is 2.00 bits per heavy atom. The van der Waals surface area contributed by atoms with Gasteiger partial charge in [0.05, 0.1) is 6.54 Å². The van der Waals surface area contributed by atoms with Crippen LogP contribution in [0.25, 0.3) is 0 Å². The van der Waals surface area contributed by atoms with Crippen molar-refractivity contribution in [3.05, 3.63) is 0 Å². The highest BCUT2D eigenvalue weighted by Crippen LogP contribution is 2.38. The summed E-state index contributed by atoms with van der Waals surface area (Å²) in [6.07, 6.45) is 1.28. The largest absolute Gasteiger partial charge is 0.305 e. The molecule has 15 heavy (non-hydrogen) atoms. The first-order valence-corrected chi connectivity index (χ1v) is 5.94. The lowest BCUT2D eigenvalue weighted by Gasteiger charge is -2.46. The molecule has 3 heteroatoms. The number of carbonyl (C=O) groups excluding carboxylic acids is 1. The Balaban J connectivity index is 1.81. The van der Waals surface area contributed by atoms with E-state index in [2.05, 4.69) is 16.8 Å². The maximum Gasteiger partial charge on any atom is 0.149 e. The molecule has 0 amide bonds. The van der Waals surface area contributed by atoms with Gasteiger partial charge in [-0.25, -0.2) is 0 Å². The number of likely N-dealkylation sites (tertiary alicyclic amines) is 2. The first-order chi connectivity index (χ1) is 7.01. The summed E-state index contributed by atoms with van der Waals surface area (Å²) < 4.78 is 0. The summed E-state index contributed by atoms with van der Waals surface area (Å²) in [6.45, 7) is 9.35. The number of ketones is 1. The van der Waals surface area contributed by atoms with Crippen LogP contribution in [-0.2, 0) is 4.79 Å². The molecule has 86 valence electrons. The van der Waals surface area contributed by atoms with Crippen molar-refractivity contribution in [2.45, 2.75) is 20.3 Å². The summed E-state index contributed by atoms with van der Waals surface area (Å²) in [7, 11) is 2.17. The molecule has 0 aromatic carbocycles. The van der Waals surface area contributed by atoms with Gasteiger partial charge >= 0.3 is 0 Å². The van der Waals surface area contributed by atoms with Gasteiger partial charge in [0, 0.05) is 31.0 Å². The molecule has 2 saturated heterocycles. The lowest BCUT2D eigenvalue weighted by atomic mass is 9.79. The van der Waals surface area contributed by atoms with Crippen LogP contribution in [0.15, 0.2) is 0 Å². The molecule has 1 spiro atoms. The topological polar surface area (TPSA) is 23.6 Å². The van der Waals surface area contributed by atoms with Crippen LogP contribution in [0.4, 0.5) is 0 Å². The van der Waals surface area contributed by atoms with E-state index < -0.39 is 0 Å². The van der Waals surface area contributed by atoms with E-state index in [4.69, 9.17) is 0 Å². The molecular weight excluding hydrogens is 188 g/mol. The molecule has 0 aromatic heterocycles. The third-order valence-corrected chi connectivity index (χ3v) is 3.75. The summed E-state index contributed by atoms with van der Waals surface area (Å²) in [6, 6.07) is 0. The molecule has 2 fully saturated rings. The van der Waals surface area contributed by atoms with Crippen LogP contribution < -0.4 is 0 Å². The van der Waals surface area contributed by atoms with Gasteiger partial charge in [0.15, 0.2) is 0 Å². The second-order valence-corrected chi connectivity index (χ2v) is 5.75. The van der Waals surface area contributed by atoms with Gasteiger partial charge in [0.2, 0.25) is 0 Å². The van der Waals surface area contributed by atoms with Crippen LogP contribution in [0.5, 0.6) is 0 Å². The maximum atomic E-state index is 11.6. The van der Waals surface area contributed by atoms with Gasteiger partial charge in [-0.15, -0.1) is 0 Å². The fraction of sp³-hybridized carbons (Fsp3) is 0.917. The summed E-state index contributed by atoms with van der Waals surface area (Å²) in [5, 5.41) is 0. The summed E-state index contributed by atoms with van der Waals surface area (Å²) in [5.41, 5.74) is 0.534. The standard InChI is InChI=1S/C12H22N2O/c1-10(2)11(15)6-14-5-4-12(9-14)7-13(3)8-12/h10H,4-9H2,1-3H3. The van der Waals surface area contributed by atoms with Crippen molar-refractivity contribution in [1.29, 1.82) is 0 Å². The molecule has 2 aliphatic rings. The second-order valence-electron chi connectivity index (χ2n) is 5.75. The van der Waals surface area contributed by atoms with E-state index in [-0.39, 0.29) is 5.92 Å². The smallest absolute Gasteiger partial charge is 0.149 e. The van der Waals surface area contributed by atoms with E-state index in [1.54, 1.807) is 0 Å². The van der Waals surface area contributed by atoms with Crippen molar-refractivity contribution in [1.82, 2.24) is 9.80 Å². The maximum absolute atomic E-state index is 11.6. The molecule has 2 aliphatic heterocycles. The van der Waals surface area contributed by atoms with Crippen molar-refractivity contribution in [3.8, 4) is 0 Å². The van der Waals surface area contributed by atoms with Crippen LogP contribution in [0.2, 0.25) is 0 Å². The first kappa shape index (κ1) is 11.1. The third kappa shape index (κ3) is 2.23. The number of rotatable bonds is 3. The van der Waals surface area contributed by atoms with E-state index in [9.17, 15) is 4.79 Å². The molecule has 0 atom stereocenters. The monoisotopic (exact) mass is 210 g/mol. The average Bonchev–Trinajstić information content (AvgIpc) is 2.48. The minimum absolute atomic E-state index is 0.186. The zero-order valence-corrected chi connectivity index (χ0v) is 10.1. The molecular formula is C12H22N2O. The van der Waals surface area contributed by atoms with E-state index in [1.807, 2.05) is 13.8 Å². The Labute approximate surface area is 92.4 Å². The van der Waals surface area contributed by atoms with Crippen LogP contribution in [0.3, 0.4) is 0 Å². The highest BCUT2D eigenvalue weighted by atomic mass is 16.1.